The molecular weight excluding hydrogens is 188 g/mol. The number of pyridine rings is 1. The lowest BCUT2D eigenvalue weighted by Gasteiger charge is -2.23. The summed E-state index contributed by atoms with van der Waals surface area (Å²) in [5, 5.41) is 0. The molecule has 0 aromatic carbocycles. The number of hydrogen-bond acceptors (Lipinski definition) is 2. The standard InChI is InChI=1S/C12H16N2O/c1-9-5-3-7-13-12(9)11-6-4-8-14(11)10(2)15/h3,5,7,11H,4,6,8H2,1-2H3. The average Bonchev–Trinajstić information content (AvgIpc) is 2.67. The molecular formula is C12H16N2O. The topological polar surface area (TPSA) is 33.2 Å². The van der Waals surface area contributed by atoms with Gasteiger partial charge in [-0.3, -0.25) is 9.78 Å². The number of hydrogen-bond donors (Lipinski definition) is 0. The maximum atomic E-state index is 11.4. The van der Waals surface area contributed by atoms with E-state index in [1.165, 1.54) is 5.56 Å². The van der Waals surface area contributed by atoms with E-state index in [1.807, 2.05) is 11.0 Å². The third-order valence-corrected chi connectivity index (χ3v) is 3.02. The Morgan fingerprint density at radius 2 is 2.40 bits per heavy atom. The molecule has 0 N–H and O–H groups in total. The summed E-state index contributed by atoms with van der Waals surface area (Å²) in [4.78, 5) is 17.8. The van der Waals surface area contributed by atoms with Crippen molar-refractivity contribution in [2.24, 2.45) is 0 Å². The highest BCUT2D eigenvalue weighted by Gasteiger charge is 2.29. The normalized spacial score (nSPS) is 20.7. The third-order valence-electron chi connectivity index (χ3n) is 3.02. The Bertz CT molecular complexity index is 376. The first kappa shape index (κ1) is 10.1. The van der Waals surface area contributed by atoms with Crippen molar-refractivity contribution in [2.45, 2.75) is 32.7 Å². The van der Waals surface area contributed by atoms with Crippen LogP contribution >= 0.6 is 0 Å². The van der Waals surface area contributed by atoms with Crippen molar-refractivity contribution in [2.75, 3.05) is 6.54 Å². The van der Waals surface area contributed by atoms with Gasteiger partial charge in [0.2, 0.25) is 5.91 Å². The maximum Gasteiger partial charge on any atom is 0.220 e. The molecule has 1 aromatic rings. The van der Waals surface area contributed by atoms with E-state index in [-0.39, 0.29) is 11.9 Å². The molecule has 80 valence electrons. The van der Waals surface area contributed by atoms with Crippen LogP contribution in [0.1, 0.15) is 37.1 Å². The van der Waals surface area contributed by atoms with E-state index < -0.39 is 0 Å². The first-order valence-electron chi connectivity index (χ1n) is 5.39. The second-order valence-electron chi connectivity index (χ2n) is 4.08. The lowest BCUT2D eigenvalue weighted by Crippen LogP contribution is -2.28. The molecule has 1 atom stereocenters. The van der Waals surface area contributed by atoms with Gasteiger partial charge in [-0.1, -0.05) is 6.07 Å². The average molecular weight is 204 g/mol. The van der Waals surface area contributed by atoms with Gasteiger partial charge in [0.25, 0.3) is 0 Å². The van der Waals surface area contributed by atoms with Gasteiger partial charge in [-0.2, -0.15) is 0 Å². The molecule has 15 heavy (non-hydrogen) atoms. The van der Waals surface area contributed by atoms with Crippen LogP contribution < -0.4 is 0 Å². The van der Waals surface area contributed by atoms with E-state index in [4.69, 9.17) is 0 Å². The Kier molecular flexibility index (Phi) is 2.71. The smallest absolute Gasteiger partial charge is 0.220 e. The molecule has 0 bridgehead atoms. The molecule has 2 heterocycles. The number of carbonyl (C=O) groups excluding carboxylic acids is 1. The lowest BCUT2D eigenvalue weighted by molar-refractivity contribution is -0.129. The Morgan fingerprint density at radius 3 is 3.07 bits per heavy atom. The zero-order valence-corrected chi connectivity index (χ0v) is 9.23. The molecule has 1 saturated heterocycles. The van der Waals surface area contributed by atoms with Crippen molar-refractivity contribution >= 4 is 5.91 Å². The highest BCUT2D eigenvalue weighted by molar-refractivity contribution is 5.74. The van der Waals surface area contributed by atoms with E-state index in [0.29, 0.717) is 0 Å². The summed E-state index contributed by atoms with van der Waals surface area (Å²) in [6.07, 6.45) is 3.93. The van der Waals surface area contributed by atoms with Crippen LogP contribution in [-0.2, 0) is 4.79 Å². The summed E-state index contributed by atoms with van der Waals surface area (Å²) >= 11 is 0. The Morgan fingerprint density at radius 1 is 1.60 bits per heavy atom. The van der Waals surface area contributed by atoms with Crippen molar-refractivity contribution in [3.8, 4) is 0 Å². The second kappa shape index (κ2) is 4.01. The summed E-state index contributed by atoms with van der Waals surface area (Å²) in [6, 6.07) is 4.19. The van der Waals surface area contributed by atoms with E-state index in [1.54, 1.807) is 13.1 Å². The van der Waals surface area contributed by atoms with Gasteiger partial charge >= 0.3 is 0 Å². The van der Waals surface area contributed by atoms with Crippen LogP contribution in [0.4, 0.5) is 0 Å². The fraction of sp³-hybridized carbons (Fsp3) is 0.500. The van der Waals surface area contributed by atoms with Gasteiger partial charge in [-0.15, -0.1) is 0 Å². The lowest BCUT2D eigenvalue weighted by atomic mass is 10.1. The van der Waals surface area contributed by atoms with Crippen LogP contribution in [0, 0.1) is 6.92 Å². The van der Waals surface area contributed by atoms with Crippen LogP contribution in [0.15, 0.2) is 18.3 Å². The largest absolute Gasteiger partial charge is 0.334 e. The van der Waals surface area contributed by atoms with E-state index in [2.05, 4.69) is 18.0 Å². The van der Waals surface area contributed by atoms with Crippen LogP contribution in [0.2, 0.25) is 0 Å². The fourth-order valence-corrected chi connectivity index (χ4v) is 2.27. The van der Waals surface area contributed by atoms with Crippen LogP contribution in [-0.4, -0.2) is 22.3 Å². The van der Waals surface area contributed by atoms with E-state index >= 15 is 0 Å². The minimum absolute atomic E-state index is 0.155. The number of nitrogens with zero attached hydrogens (tertiary/aromatic N) is 2. The third kappa shape index (κ3) is 1.87. The number of aromatic nitrogens is 1. The fourth-order valence-electron chi connectivity index (χ4n) is 2.27. The van der Waals surface area contributed by atoms with Gasteiger partial charge in [0.05, 0.1) is 11.7 Å². The molecule has 1 aliphatic heterocycles. The van der Waals surface area contributed by atoms with Gasteiger partial charge < -0.3 is 4.90 Å². The zero-order valence-electron chi connectivity index (χ0n) is 9.23. The predicted molar refractivity (Wildman–Crippen MR) is 58.3 cm³/mol. The van der Waals surface area contributed by atoms with Gasteiger partial charge in [0.1, 0.15) is 0 Å². The Labute approximate surface area is 90.1 Å². The monoisotopic (exact) mass is 204 g/mol. The van der Waals surface area contributed by atoms with Gasteiger partial charge in [0.15, 0.2) is 0 Å². The van der Waals surface area contributed by atoms with Crippen molar-refractivity contribution in [3.63, 3.8) is 0 Å². The first-order chi connectivity index (χ1) is 7.20. The number of rotatable bonds is 1. The highest BCUT2D eigenvalue weighted by atomic mass is 16.2. The summed E-state index contributed by atoms with van der Waals surface area (Å²) < 4.78 is 0. The number of carbonyl (C=O) groups is 1. The molecule has 0 aliphatic carbocycles. The SMILES string of the molecule is CC(=O)N1CCCC1c1ncccc1C. The van der Waals surface area contributed by atoms with E-state index in [0.717, 1.165) is 25.1 Å². The highest BCUT2D eigenvalue weighted by Crippen LogP contribution is 2.31. The summed E-state index contributed by atoms with van der Waals surface area (Å²) in [5.74, 6) is 0.155. The van der Waals surface area contributed by atoms with Crippen molar-refractivity contribution in [1.82, 2.24) is 9.88 Å². The van der Waals surface area contributed by atoms with E-state index in [9.17, 15) is 4.79 Å². The molecule has 3 nitrogen and oxygen atoms in total. The second-order valence-corrected chi connectivity index (χ2v) is 4.08. The number of likely N-dealkylation sites (tertiary alicyclic amines) is 1. The zero-order chi connectivity index (χ0) is 10.8. The molecule has 0 radical (unpaired) electrons. The predicted octanol–water partition coefficient (Wildman–Crippen LogP) is 2.07. The van der Waals surface area contributed by atoms with Crippen LogP contribution in [0.3, 0.4) is 0 Å². The quantitative estimate of drug-likeness (QED) is 0.701. The summed E-state index contributed by atoms with van der Waals surface area (Å²) in [7, 11) is 0. The number of aryl methyl sites for hydroxylation is 1. The molecule has 1 fully saturated rings. The van der Waals surface area contributed by atoms with Crippen LogP contribution in [0.5, 0.6) is 0 Å². The van der Waals surface area contributed by atoms with Gasteiger partial charge in [0, 0.05) is 19.7 Å². The van der Waals surface area contributed by atoms with Gasteiger partial charge in [-0.25, -0.2) is 0 Å². The molecule has 1 unspecified atom stereocenters. The molecule has 1 amide bonds. The van der Waals surface area contributed by atoms with Crippen molar-refractivity contribution in [1.29, 1.82) is 0 Å². The minimum atomic E-state index is 0.155. The maximum absolute atomic E-state index is 11.4. The van der Waals surface area contributed by atoms with Crippen LogP contribution in [0.25, 0.3) is 0 Å². The van der Waals surface area contributed by atoms with Gasteiger partial charge in [-0.05, 0) is 31.4 Å². The number of amides is 1. The Balaban J connectivity index is 2.30. The van der Waals surface area contributed by atoms with Crippen molar-refractivity contribution < 1.29 is 4.79 Å². The molecule has 1 aliphatic rings. The summed E-state index contributed by atoms with van der Waals surface area (Å²) in [6.45, 7) is 4.56. The van der Waals surface area contributed by atoms with Crippen molar-refractivity contribution in [3.05, 3.63) is 29.6 Å². The molecule has 2 rings (SSSR count). The molecule has 0 saturated carbocycles. The first-order valence-corrected chi connectivity index (χ1v) is 5.39. The molecule has 1 aromatic heterocycles. The minimum Gasteiger partial charge on any atom is -0.334 e. The molecule has 3 heteroatoms. The summed E-state index contributed by atoms with van der Waals surface area (Å²) in [5.41, 5.74) is 2.24. The Hall–Kier alpha value is -1.38. The molecule has 0 spiro atoms.